The number of nitrogens with one attached hydrogen (secondary N) is 1. The fourth-order valence-corrected chi connectivity index (χ4v) is 4.83. The highest BCUT2D eigenvalue weighted by Gasteiger charge is 2.28. The number of rotatable bonds is 2. The van der Waals surface area contributed by atoms with Gasteiger partial charge in [-0.3, -0.25) is 14.2 Å². The Morgan fingerprint density at radius 2 is 1.93 bits per heavy atom. The third-order valence-electron chi connectivity index (χ3n) is 5.41. The van der Waals surface area contributed by atoms with Gasteiger partial charge in [0.05, 0.1) is 5.57 Å². The molecule has 6 nitrogen and oxygen atoms in total. The van der Waals surface area contributed by atoms with Gasteiger partial charge in [0.25, 0.3) is 11.5 Å². The summed E-state index contributed by atoms with van der Waals surface area (Å²) < 4.78 is 2.11. The monoisotopic (exact) mass is 404 g/mol. The van der Waals surface area contributed by atoms with E-state index in [4.69, 9.17) is 0 Å². The first-order valence-electron chi connectivity index (χ1n) is 9.60. The van der Waals surface area contributed by atoms with E-state index in [1.807, 2.05) is 25.1 Å². The van der Waals surface area contributed by atoms with Crippen molar-refractivity contribution in [1.82, 2.24) is 4.57 Å². The molecule has 2 aromatic carbocycles. The van der Waals surface area contributed by atoms with E-state index >= 15 is 0 Å². The second-order valence-electron chi connectivity index (χ2n) is 7.33. The molecular weight excluding hydrogens is 384 g/mol. The van der Waals surface area contributed by atoms with Crippen LogP contribution in [-0.4, -0.2) is 17.1 Å². The highest BCUT2D eigenvalue weighted by molar-refractivity contribution is 7.07. The summed E-state index contributed by atoms with van der Waals surface area (Å²) in [7, 11) is 0. The van der Waals surface area contributed by atoms with Crippen LogP contribution in [-0.2, 0) is 17.9 Å². The van der Waals surface area contributed by atoms with Gasteiger partial charge in [0.1, 0.15) is 17.9 Å². The van der Waals surface area contributed by atoms with Gasteiger partial charge in [-0.15, -0.1) is 0 Å². The summed E-state index contributed by atoms with van der Waals surface area (Å²) in [6.07, 6.45) is 0.990. The molecule has 0 bridgehead atoms. The number of carbonyl (C=O) groups is 1. The van der Waals surface area contributed by atoms with Crippen LogP contribution < -0.4 is 25.1 Å². The van der Waals surface area contributed by atoms with Crippen molar-refractivity contribution in [3.8, 4) is 0 Å². The molecular formula is C22H20N4O2S. The molecule has 3 heterocycles. The van der Waals surface area contributed by atoms with Crippen molar-refractivity contribution in [1.29, 1.82) is 0 Å². The van der Waals surface area contributed by atoms with Gasteiger partial charge in [-0.1, -0.05) is 42.0 Å². The first-order valence-corrected chi connectivity index (χ1v) is 10.4. The Labute approximate surface area is 171 Å². The zero-order chi connectivity index (χ0) is 20.1. The molecule has 7 heteroatoms. The quantitative estimate of drug-likeness (QED) is 0.710. The Kier molecular flexibility index (Phi) is 4.13. The lowest BCUT2D eigenvalue weighted by atomic mass is 10.1. The molecule has 0 radical (unpaired) electrons. The molecule has 0 unspecified atom stereocenters. The van der Waals surface area contributed by atoms with Crippen LogP contribution in [0.4, 0.5) is 11.4 Å². The molecule has 3 aromatic rings. The molecule has 1 amide bonds. The van der Waals surface area contributed by atoms with Crippen LogP contribution in [0.25, 0.3) is 5.57 Å². The Balaban J connectivity index is 1.61. The van der Waals surface area contributed by atoms with Gasteiger partial charge < -0.3 is 10.2 Å². The number of anilines is 2. The third kappa shape index (κ3) is 2.89. The smallest absolute Gasteiger partial charge is 0.272 e. The second-order valence-corrected chi connectivity index (χ2v) is 8.30. The molecule has 146 valence electrons. The molecule has 1 N–H and O–H groups in total. The minimum Gasteiger partial charge on any atom is -0.334 e. The van der Waals surface area contributed by atoms with Crippen molar-refractivity contribution >= 4 is 34.2 Å². The zero-order valence-corrected chi connectivity index (χ0v) is 17.0. The summed E-state index contributed by atoms with van der Waals surface area (Å²) in [4.78, 5) is 33.2. The number of nitrogens with zero attached hydrogens (tertiary/aromatic N) is 3. The SMILES string of the molecule is CCc1ccc(N2CN=c3s/c(=C4/C(=O)Nc5ccc(C)cc54)c(=O)n3C2)cc1. The summed E-state index contributed by atoms with van der Waals surface area (Å²) in [5, 5.41) is 2.87. The Morgan fingerprint density at radius 1 is 1.14 bits per heavy atom. The number of hydrogen-bond acceptors (Lipinski definition) is 5. The van der Waals surface area contributed by atoms with E-state index in [1.54, 1.807) is 4.57 Å². The maximum atomic E-state index is 13.2. The Hall–Kier alpha value is -3.19. The fraction of sp³-hybridized carbons (Fsp3) is 0.227. The standard InChI is InChI=1S/C22H20N4O2S/c1-3-14-5-7-15(8-6-14)25-11-23-22-26(12-25)21(28)19(29-22)18-16-10-13(2)4-9-17(16)24-20(18)27/h4-10H,3,11-12H2,1-2H3,(H,24,27)/b19-18+. The molecule has 0 saturated heterocycles. The number of thiazole rings is 1. The molecule has 29 heavy (non-hydrogen) atoms. The number of fused-ring (bicyclic) bond motifs is 2. The van der Waals surface area contributed by atoms with Crippen LogP contribution in [0, 0.1) is 6.92 Å². The van der Waals surface area contributed by atoms with Crippen LogP contribution in [0.2, 0.25) is 0 Å². The van der Waals surface area contributed by atoms with Crippen LogP contribution >= 0.6 is 11.3 Å². The first kappa shape index (κ1) is 17.9. The predicted octanol–water partition coefficient (Wildman–Crippen LogP) is 1.99. The van der Waals surface area contributed by atoms with Crippen molar-refractivity contribution in [2.75, 3.05) is 16.9 Å². The summed E-state index contributed by atoms with van der Waals surface area (Å²) in [5.41, 5.74) is 5.18. The van der Waals surface area contributed by atoms with Crippen LogP contribution in [0.5, 0.6) is 0 Å². The molecule has 1 aromatic heterocycles. The lowest BCUT2D eigenvalue weighted by Crippen LogP contribution is -2.43. The number of aromatic nitrogens is 1. The minimum absolute atomic E-state index is 0.164. The van der Waals surface area contributed by atoms with Crippen molar-refractivity contribution in [2.24, 2.45) is 4.99 Å². The van der Waals surface area contributed by atoms with Gasteiger partial charge in [0, 0.05) is 16.9 Å². The maximum absolute atomic E-state index is 13.2. The average molecular weight is 404 g/mol. The van der Waals surface area contributed by atoms with Crippen LogP contribution in [0.15, 0.2) is 52.3 Å². The molecule has 0 atom stereocenters. The highest BCUT2D eigenvalue weighted by Crippen LogP contribution is 2.30. The van der Waals surface area contributed by atoms with Crippen LogP contribution in [0.1, 0.15) is 23.6 Å². The van der Waals surface area contributed by atoms with Gasteiger partial charge in [-0.05, 0) is 43.2 Å². The van der Waals surface area contributed by atoms with Crippen molar-refractivity contribution < 1.29 is 4.79 Å². The van der Waals surface area contributed by atoms with Gasteiger partial charge in [-0.2, -0.15) is 0 Å². The number of amides is 1. The van der Waals surface area contributed by atoms with E-state index in [2.05, 4.69) is 46.4 Å². The van der Waals surface area contributed by atoms with Gasteiger partial charge in [0.2, 0.25) is 0 Å². The van der Waals surface area contributed by atoms with E-state index in [1.165, 1.54) is 16.9 Å². The van der Waals surface area contributed by atoms with Crippen molar-refractivity contribution in [3.05, 3.63) is 78.8 Å². The molecule has 0 fully saturated rings. The Bertz CT molecular complexity index is 1320. The third-order valence-corrected chi connectivity index (χ3v) is 6.52. The van der Waals surface area contributed by atoms with Crippen molar-refractivity contribution in [2.45, 2.75) is 26.9 Å². The largest absolute Gasteiger partial charge is 0.334 e. The molecule has 0 saturated carbocycles. The summed E-state index contributed by atoms with van der Waals surface area (Å²) in [5.74, 6) is -0.228. The van der Waals surface area contributed by atoms with E-state index in [0.29, 0.717) is 28.2 Å². The maximum Gasteiger partial charge on any atom is 0.272 e. The Morgan fingerprint density at radius 3 is 2.69 bits per heavy atom. The fourth-order valence-electron chi connectivity index (χ4n) is 3.77. The number of aryl methyl sites for hydroxylation is 2. The minimum atomic E-state index is -0.228. The van der Waals surface area contributed by atoms with Gasteiger partial charge >= 0.3 is 0 Å². The molecule has 0 aliphatic carbocycles. The second kappa shape index (κ2) is 6.70. The molecule has 2 aliphatic rings. The van der Waals surface area contributed by atoms with Crippen LogP contribution in [0.3, 0.4) is 0 Å². The summed E-state index contributed by atoms with van der Waals surface area (Å²) >= 11 is 1.29. The lowest BCUT2D eigenvalue weighted by molar-refractivity contribution is -0.110. The molecule has 2 aliphatic heterocycles. The average Bonchev–Trinajstić information content (AvgIpc) is 3.23. The highest BCUT2D eigenvalue weighted by atomic mass is 32.1. The van der Waals surface area contributed by atoms with Crippen molar-refractivity contribution in [3.63, 3.8) is 0 Å². The normalized spacial score (nSPS) is 16.9. The van der Waals surface area contributed by atoms with E-state index in [9.17, 15) is 9.59 Å². The number of benzene rings is 2. The number of carbonyl (C=O) groups excluding carboxylic acids is 1. The van der Waals surface area contributed by atoms with E-state index in [-0.39, 0.29) is 11.5 Å². The van der Waals surface area contributed by atoms with E-state index < -0.39 is 0 Å². The van der Waals surface area contributed by atoms with Gasteiger partial charge in [0.15, 0.2) is 4.80 Å². The van der Waals surface area contributed by atoms with Gasteiger partial charge in [-0.25, -0.2) is 4.99 Å². The first-order chi connectivity index (χ1) is 14.0. The summed E-state index contributed by atoms with van der Waals surface area (Å²) in [6, 6.07) is 14.1. The predicted molar refractivity (Wildman–Crippen MR) is 115 cm³/mol. The topological polar surface area (TPSA) is 66.7 Å². The number of hydrogen-bond donors (Lipinski definition) is 1. The molecule has 5 rings (SSSR count). The lowest BCUT2D eigenvalue weighted by Gasteiger charge is -2.25. The van der Waals surface area contributed by atoms with E-state index in [0.717, 1.165) is 28.9 Å². The summed E-state index contributed by atoms with van der Waals surface area (Å²) in [6.45, 7) is 5.02. The molecule has 0 spiro atoms. The zero-order valence-electron chi connectivity index (χ0n) is 16.2.